The molecule has 13 nitrogen and oxygen atoms in total. The number of anilines is 2. The van der Waals surface area contributed by atoms with Gasteiger partial charge in [0.25, 0.3) is 0 Å². The molecule has 1 fully saturated rings. The lowest BCUT2D eigenvalue weighted by atomic mass is 9.90. The number of ether oxygens (including phenoxy) is 1. The Balaban J connectivity index is 1.33. The second kappa shape index (κ2) is 14.7. The molecule has 5 rings (SSSR count). The molecule has 1 amide bonds. The van der Waals surface area contributed by atoms with Crippen LogP contribution in [0.1, 0.15) is 44.1 Å². The zero-order valence-corrected chi connectivity index (χ0v) is 26.9. The lowest BCUT2D eigenvalue weighted by Gasteiger charge is -2.36. The zero-order valence-electron chi connectivity index (χ0n) is 26.1. The molecule has 4 aromatic rings. The first-order chi connectivity index (χ1) is 23.2. The standard InChI is InChI=1S/C30H30F5N9O4S/c1-48-29-40-11-18(12-41-29)23-15-38-25(16-37-23)44(26(45)8-7-24(31)32)20-5-3-19(4-6-20)42-28-39-14-22(30(33,34)35)27(43-28)17-9-21(13-36-10-17)49(2,46)47/h9-16,19-20,24H,3-8H2,1-2H3,(H,39,42,43). The van der Waals surface area contributed by atoms with Gasteiger partial charge in [-0.1, -0.05) is 0 Å². The second-order valence-corrected chi connectivity index (χ2v) is 13.2. The maximum absolute atomic E-state index is 13.9. The largest absolute Gasteiger partial charge is 0.467 e. The van der Waals surface area contributed by atoms with Gasteiger partial charge in [-0.3, -0.25) is 19.7 Å². The van der Waals surface area contributed by atoms with Crippen LogP contribution in [0, 0.1) is 0 Å². The molecule has 0 aromatic carbocycles. The van der Waals surface area contributed by atoms with E-state index in [0.717, 1.165) is 24.7 Å². The molecular weight excluding hydrogens is 677 g/mol. The summed E-state index contributed by atoms with van der Waals surface area (Å²) in [6, 6.07) is 0.482. The van der Waals surface area contributed by atoms with Gasteiger partial charge in [-0.2, -0.15) is 13.2 Å². The number of sulfone groups is 1. The van der Waals surface area contributed by atoms with E-state index in [1.165, 1.54) is 36.8 Å². The third kappa shape index (κ3) is 8.76. The van der Waals surface area contributed by atoms with Gasteiger partial charge in [0, 0.05) is 73.3 Å². The minimum Gasteiger partial charge on any atom is -0.467 e. The van der Waals surface area contributed by atoms with Crippen molar-refractivity contribution in [3.8, 4) is 28.5 Å². The van der Waals surface area contributed by atoms with Crippen molar-refractivity contribution in [3.63, 3.8) is 0 Å². The van der Waals surface area contributed by atoms with Gasteiger partial charge in [0.15, 0.2) is 15.7 Å². The number of amides is 1. The minimum atomic E-state index is -4.84. The lowest BCUT2D eigenvalue weighted by molar-refractivity contribution is -0.137. The fourth-order valence-corrected chi connectivity index (χ4v) is 5.90. The van der Waals surface area contributed by atoms with E-state index in [2.05, 4.69) is 40.2 Å². The number of hydrogen-bond donors (Lipinski definition) is 1. The van der Waals surface area contributed by atoms with Crippen molar-refractivity contribution in [1.29, 1.82) is 0 Å². The average molecular weight is 708 g/mol. The van der Waals surface area contributed by atoms with Crippen LogP contribution in [0.3, 0.4) is 0 Å². The summed E-state index contributed by atoms with van der Waals surface area (Å²) in [7, 11) is -2.34. The van der Waals surface area contributed by atoms with Crippen LogP contribution in [0.15, 0.2) is 54.3 Å². The molecule has 0 atom stereocenters. The van der Waals surface area contributed by atoms with Crippen molar-refractivity contribution < 1.29 is 39.9 Å². The van der Waals surface area contributed by atoms with E-state index in [9.17, 15) is 35.2 Å². The Bertz CT molecular complexity index is 1870. The van der Waals surface area contributed by atoms with Crippen LogP contribution in [0.2, 0.25) is 0 Å². The second-order valence-electron chi connectivity index (χ2n) is 11.2. The van der Waals surface area contributed by atoms with Crippen LogP contribution in [0.5, 0.6) is 6.01 Å². The van der Waals surface area contributed by atoms with Crippen molar-refractivity contribution in [2.45, 2.75) is 68.1 Å². The van der Waals surface area contributed by atoms with Crippen LogP contribution in [0.25, 0.3) is 22.5 Å². The molecule has 1 aliphatic carbocycles. The highest BCUT2D eigenvalue weighted by molar-refractivity contribution is 7.90. The highest BCUT2D eigenvalue weighted by Gasteiger charge is 2.36. The van der Waals surface area contributed by atoms with Crippen LogP contribution in [-0.2, 0) is 20.8 Å². The third-order valence-electron chi connectivity index (χ3n) is 7.74. The number of nitrogens with zero attached hydrogens (tertiary/aromatic N) is 8. The molecule has 260 valence electrons. The Morgan fingerprint density at radius 1 is 0.959 bits per heavy atom. The SMILES string of the molecule is COc1ncc(-c2cnc(N(C(=O)CCC(F)F)C3CCC(Nc4ncc(C(F)(F)F)c(-c5cncc(S(C)(=O)=O)c5)n4)CC3)cn2)cn1. The first-order valence-corrected chi connectivity index (χ1v) is 16.8. The van der Waals surface area contributed by atoms with E-state index >= 15 is 0 Å². The number of methoxy groups -OCH3 is 1. The molecule has 0 bridgehead atoms. The number of halogens is 5. The molecule has 1 saturated carbocycles. The van der Waals surface area contributed by atoms with Crippen LogP contribution >= 0.6 is 0 Å². The van der Waals surface area contributed by atoms with Crippen molar-refractivity contribution in [3.05, 3.63) is 55.0 Å². The Morgan fingerprint density at radius 3 is 2.27 bits per heavy atom. The van der Waals surface area contributed by atoms with Crippen molar-refractivity contribution in [2.75, 3.05) is 23.6 Å². The molecule has 0 saturated heterocycles. The van der Waals surface area contributed by atoms with Crippen LogP contribution in [-0.4, -0.2) is 81.1 Å². The van der Waals surface area contributed by atoms with Crippen LogP contribution in [0.4, 0.5) is 33.7 Å². The van der Waals surface area contributed by atoms with E-state index in [-0.39, 0.29) is 34.3 Å². The summed E-state index contributed by atoms with van der Waals surface area (Å²) in [5.41, 5.74) is -0.924. The number of carbonyl (C=O) groups is 1. The smallest absolute Gasteiger partial charge is 0.419 e. The van der Waals surface area contributed by atoms with Gasteiger partial charge in [0.05, 0.1) is 35.8 Å². The number of nitrogens with one attached hydrogen (secondary N) is 1. The maximum Gasteiger partial charge on any atom is 0.419 e. The Hall–Kier alpha value is -4.94. The molecule has 1 N–H and O–H groups in total. The van der Waals surface area contributed by atoms with Gasteiger partial charge in [-0.05, 0) is 31.7 Å². The van der Waals surface area contributed by atoms with E-state index in [0.29, 0.717) is 43.1 Å². The molecule has 4 aromatic heterocycles. The van der Waals surface area contributed by atoms with Gasteiger partial charge < -0.3 is 10.1 Å². The summed E-state index contributed by atoms with van der Waals surface area (Å²) in [6.07, 6.45) is 2.48. The fraction of sp³-hybridized carbons (Fsp3) is 0.400. The zero-order chi connectivity index (χ0) is 35.3. The van der Waals surface area contributed by atoms with Gasteiger partial charge in [-0.25, -0.2) is 42.1 Å². The van der Waals surface area contributed by atoms with Crippen LogP contribution < -0.4 is 15.0 Å². The average Bonchev–Trinajstić information content (AvgIpc) is 3.08. The van der Waals surface area contributed by atoms with Crippen molar-refractivity contribution >= 4 is 27.5 Å². The number of pyridine rings is 1. The molecule has 0 aliphatic heterocycles. The summed E-state index contributed by atoms with van der Waals surface area (Å²) >= 11 is 0. The fourth-order valence-electron chi connectivity index (χ4n) is 5.31. The molecule has 0 spiro atoms. The summed E-state index contributed by atoms with van der Waals surface area (Å²) in [5.74, 6) is -0.494. The molecule has 1 aliphatic rings. The Morgan fingerprint density at radius 2 is 1.67 bits per heavy atom. The summed E-state index contributed by atoms with van der Waals surface area (Å²) in [4.78, 5) is 42.9. The van der Waals surface area contributed by atoms with Gasteiger partial charge in [0.1, 0.15) is 5.56 Å². The molecule has 4 heterocycles. The maximum atomic E-state index is 13.9. The quantitative estimate of drug-likeness (QED) is 0.207. The number of alkyl halides is 5. The van der Waals surface area contributed by atoms with Gasteiger partial charge >= 0.3 is 12.2 Å². The van der Waals surface area contributed by atoms with Gasteiger partial charge in [0.2, 0.25) is 18.3 Å². The predicted molar refractivity (Wildman–Crippen MR) is 165 cm³/mol. The van der Waals surface area contributed by atoms with E-state index < -0.39 is 58.5 Å². The van der Waals surface area contributed by atoms with E-state index in [1.807, 2.05) is 0 Å². The predicted octanol–water partition coefficient (Wildman–Crippen LogP) is 5.02. The monoisotopic (exact) mass is 707 g/mol. The number of rotatable bonds is 11. The first-order valence-electron chi connectivity index (χ1n) is 14.9. The molecular formula is C30H30F5N9O4S. The summed E-state index contributed by atoms with van der Waals surface area (Å²) in [5, 5.41) is 3.04. The third-order valence-corrected chi connectivity index (χ3v) is 8.82. The topological polar surface area (TPSA) is 166 Å². The van der Waals surface area contributed by atoms with E-state index in [4.69, 9.17) is 4.74 Å². The highest BCUT2D eigenvalue weighted by Crippen LogP contribution is 2.37. The number of carbonyl (C=O) groups excluding carboxylic acids is 1. The molecule has 0 unspecified atom stereocenters. The van der Waals surface area contributed by atoms with Crippen molar-refractivity contribution in [2.24, 2.45) is 0 Å². The molecule has 0 radical (unpaired) electrons. The molecule has 19 heteroatoms. The Labute approximate surface area is 277 Å². The highest BCUT2D eigenvalue weighted by atomic mass is 32.2. The summed E-state index contributed by atoms with van der Waals surface area (Å²) < 4.78 is 96.7. The first kappa shape index (κ1) is 35.4. The lowest BCUT2D eigenvalue weighted by Crippen LogP contribution is -2.45. The normalized spacial score (nSPS) is 16.7. The Kier molecular flexibility index (Phi) is 10.6. The van der Waals surface area contributed by atoms with Gasteiger partial charge in [-0.15, -0.1) is 0 Å². The number of aromatic nitrogens is 7. The minimum absolute atomic E-state index is 0.120. The molecule has 49 heavy (non-hydrogen) atoms. The summed E-state index contributed by atoms with van der Waals surface area (Å²) in [6.45, 7) is 0. The number of hydrogen-bond acceptors (Lipinski definition) is 12. The van der Waals surface area contributed by atoms with Crippen molar-refractivity contribution in [1.82, 2.24) is 34.9 Å². The van der Waals surface area contributed by atoms with E-state index in [1.54, 1.807) is 0 Å².